The molecule has 0 aliphatic rings. The zero-order chi connectivity index (χ0) is 10.5. The Morgan fingerprint density at radius 1 is 1.21 bits per heavy atom. The van der Waals surface area contributed by atoms with Gasteiger partial charge in [0.15, 0.2) is 0 Å². The maximum atomic E-state index is 10.9. The van der Waals surface area contributed by atoms with Gasteiger partial charge in [0.1, 0.15) is 0 Å². The summed E-state index contributed by atoms with van der Waals surface area (Å²) in [5.41, 5.74) is 0. The molecule has 0 amide bonds. The molecule has 1 unspecified atom stereocenters. The van der Waals surface area contributed by atoms with Gasteiger partial charge in [-0.1, -0.05) is 20.8 Å². The van der Waals surface area contributed by atoms with E-state index in [1.165, 1.54) is 0 Å². The Labute approximate surface area is 86.2 Å². The summed E-state index contributed by atoms with van der Waals surface area (Å²) in [7, 11) is -3.87. The first-order valence-electron chi connectivity index (χ1n) is 4.64. The van der Waals surface area contributed by atoms with E-state index in [-0.39, 0.29) is 5.48 Å². The highest BCUT2D eigenvalue weighted by Gasteiger charge is 2.22. The lowest BCUT2D eigenvalue weighted by Gasteiger charge is -2.22. The molecule has 14 heavy (non-hydrogen) atoms. The molecular formula is C8H21NO4S. The van der Waals surface area contributed by atoms with Gasteiger partial charge in [-0.25, -0.2) is 0 Å². The summed E-state index contributed by atoms with van der Waals surface area (Å²) in [6.45, 7) is 7.75. The van der Waals surface area contributed by atoms with Crippen molar-refractivity contribution in [3.63, 3.8) is 0 Å². The van der Waals surface area contributed by atoms with Crippen molar-refractivity contribution < 1.29 is 18.4 Å². The summed E-state index contributed by atoms with van der Waals surface area (Å²) in [6.07, 6.45) is 0.454. The molecule has 0 saturated carbocycles. The van der Waals surface area contributed by atoms with Crippen molar-refractivity contribution in [2.45, 2.75) is 32.4 Å². The average molecular weight is 227 g/mol. The zero-order valence-corrected chi connectivity index (χ0v) is 9.84. The van der Waals surface area contributed by atoms with Crippen LogP contribution in [0, 0.1) is 0 Å². The predicted molar refractivity (Wildman–Crippen MR) is 57.0 cm³/mol. The van der Waals surface area contributed by atoms with Crippen molar-refractivity contribution in [1.82, 2.24) is 4.90 Å². The molecule has 0 aliphatic carbocycles. The second kappa shape index (κ2) is 7.17. The Bertz CT molecular complexity index is 223. The Kier molecular flexibility index (Phi) is 8.33. The highest BCUT2D eigenvalue weighted by molar-refractivity contribution is 7.86. The van der Waals surface area contributed by atoms with Crippen LogP contribution in [0.15, 0.2) is 0 Å². The molecule has 0 bridgehead atoms. The maximum absolute atomic E-state index is 10.9. The fourth-order valence-corrected chi connectivity index (χ4v) is 2.02. The third-order valence-electron chi connectivity index (χ3n) is 2.23. The fraction of sp³-hybridized carbons (Fsp3) is 1.00. The van der Waals surface area contributed by atoms with E-state index in [1.54, 1.807) is 6.92 Å². The quantitative estimate of drug-likeness (QED) is 0.655. The Hall–Kier alpha value is -0.170. The van der Waals surface area contributed by atoms with Crippen molar-refractivity contribution in [1.29, 1.82) is 0 Å². The van der Waals surface area contributed by atoms with Crippen LogP contribution in [0.4, 0.5) is 0 Å². The fourth-order valence-electron chi connectivity index (χ4n) is 1.20. The van der Waals surface area contributed by atoms with Gasteiger partial charge in [0.05, 0.1) is 5.25 Å². The third-order valence-corrected chi connectivity index (χ3v) is 3.56. The Balaban J connectivity index is 0. The smallest absolute Gasteiger partial charge is 0.269 e. The monoisotopic (exact) mass is 227 g/mol. The van der Waals surface area contributed by atoms with Crippen LogP contribution < -0.4 is 0 Å². The maximum Gasteiger partial charge on any atom is 0.269 e. The minimum atomic E-state index is -3.87. The van der Waals surface area contributed by atoms with Crippen LogP contribution in [-0.4, -0.2) is 48.2 Å². The first-order valence-corrected chi connectivity index (χ1v) is 6.14. The van der Waals surface area contributed by atoms with Gasteiger partial charge in [-0.05, 0) is 19.5 Å². The van der Waals surface area contributed by atoms with Crippen LogP contribution in [-0.2, 0) is 10.1 Å². The molecule has 3 N–H and O–H groups in total. The number of hydrogen-bond acceptors (Lipinski definition) is 3. The SMILES string of the molecule is CCC(CN(CC)CC)S(=O)(=O)O.O. The zero-order valence-electron chi connectivity index (χ0n) is 9.02. The van der Waals surface area contributed by atoms with Gasteiger partial charge in [0.25, 0.3) is 10.1 Å². The molecule has 0 aromatic heterocycles. The Morgan fingerprint density at radius 2 is 1.64 bits per heavy atom. The van der Waals surface area contributed by atoms with Crippen LogP contribution in [0.1, 0.15) is 27.2 Å². The first kappa shape index (κ1) is 16.3. The molecular weight excluding hydrogens is 206 g/mol. The summed E-state index contributed by atoms with van der Waals surface area (Å²) in [6, 6.07) is 0. The van der Waals surface area contributed by atoms with E-state index in [9.17, 15) is 8.42 Å². The molecule has 0 aromatic carbocycles. The van der Waals surface area contributed by atoms with E-state index in [4.69, 9.17) is 4.55 Å². The molecule has 1 atom stereocenters. The van der Waals surface area contributed by atoms with Crippen LogP contribution in [0.3, 0.4) is 0 Å². The second-order valence-electron chi connectivity index (χ2n) is 3.03. The highest BCUT2D eigenvalue weighted by Crippen LogP contribution is 2.06. The van der Waals surface area contributed by atoms with Gasteiger partial charge in [0, 0.05) is 6.54 Å². The predicted octanol–water partition coefficient (Wildman–Crippen LogP) is 0.170. The van der Waals surface area contributed by atoms with E-state index < -0.39 is 15.4 Å². The van der Waals surface area contributed by atoms with E-state index in [2.05, 4.69) is 0 Å². The van der Waals surface area contributed by atoms with Gasteiger partial charge in [-0.2, -0.15) is 8.42 Å². The molecule has 6 heteroatoms. The van der Waals surface area contributed by atoms with Crippen LogP contribution in [0.5, 0.6) is 0 Å². The lowest BCUT2D eigenvalue weighted by molar-refractivity contribution is 0.293. The lowest BCUT2D eigenvalue weighted by atomic mass is 10.3. The van der Waals surface area contributed by atoms with E-state index in [0.29, 0.717) is 13.0 Å². The summed E-state index contributed by atoms with van der Waals surface area (Å²) in [4.78, 5) is 1.99. The molecule has 0 fully saturated rings. The average Bonchev–Trinajstić information content (AvgIpc) is 2.04. The molecule has 0 aliphatic heterocycles. The van der Waals surface area contributed by atoms with Crippen LogP contribution in [0.25, 0.3) is 0 Å². The summed E-state index contributed by atoms with van der Waals surface area (Å²) >= 11 is 0. The molecule has 0 spiro atoms. The summed E-state index contributed by atoms with van der Waals surface area (Å²) in [5, 5.41) is -0.646. The molecule has 0 rings (SSSR count). The molecule has 88 valence electrons. The van der Waals surface area contributed by atoms with E-state index >= 15 is 0 Å². The minimum Gasteiger partial charge on any atom is -0.412 e. The van der Waals surface area contributed by atoms with Crippen LogP contribution in [0.2, 0.25) is 0 Å². The normalized spacial score (nSPS) is 13.8. The topological polar surface area (TPSA) is 89.1 Å². The van der Waals surface area contributed by atoms with Gasteiger partial charge < -0.3 is 10.4 Å². The summed E-state index contributed by atoms with van der Waals surface area (Å²) < 4.78 is 30.6. The minimum absolute atomic E-state index is 0. The van der Waals surface area contributed by atoms with Crippen molar-refractivity contribution in [2.75, 3.05) is 19.6 Å². The third kappa shape index (κ3) is 5.54. The summed E-state index contributed by atoms with van der Waals surface area (Å²) in [5.74, 6) is 0. The molecule has 0 aromatic rings. The van der Waals surface area contributed by atoms with Gasteiger partial charge in [-0.15, -0.1) is 0 Å². The molecule has 5 nitrogen and oxygen atoms in total. The number of rotatable bonds is 6. The highest BCUT2D eigenvalue weighted by atomic mass is 32.2. The molecule has 0 heterocycles. The van der Waals surface area contributed by atoms with Crippen molar-refractivity contribution in [2.24, 2.45) is 0 Å². The van der Waals surface area contributed by atoms with Gasteiger partial charge in [0.2, 0.25) is 0 Å². The van der Waals surface area contributed by atoms with Gasteiger partial charge >= 0.3 is 0 Å². The lowest BCUT2D eigenvalue weighted by Crippen LogP contribution is -2.36. The van der Waals surface area contributed by atoms with Crippen molar-refractivity contribution in [3.8, 4) is 0 Å². The van der Waals surface area contributed by atoms with Crippen molar-refractivity contribution in [3.05, 3.63) is 0 Å². The Morgan fingerprint density at radius 3 is 1.86 bits per heavy atom. The molecule has 0 saturated heterocycles. The first-order chi connectivity index (χ1) is 5.95. The molecule has 0 radical (unpaired) electrons. The standard InChI is InChI=1S/C8H19NO3S.H2O/c1-4-8(13(10,11)12)7-9(5-2)6-3;/h8H,4-7H2,1-3H3,(H,10,11,12);1H2. The van der Waals surface area contributed by atoms with Crippen molar-refractivity contribution >= 4 is 10.1 Å². The van der Waals surface area contributed by atoms with Crippen LogP contribution >= 0.6 is 0 Å². The number of nitrogens with zero attached hydrogens (tertiary/aromatic N) is 1. The second-order valence-corrected chi connectivity index (χ2v) is 4.73. The van der Waals surface area contributed by atoms with E-state index in [1.807, 2.05) is 18.7 Å². The largest absolute Gasteiger partial charge is 0.412 e. The van der Waals surface area contributed by atoms with E-state index in [0.717, 1.165) is 13.1 Å². The number of hydrogen-bond donors (Lipinski definition) is 1. The van der Waals surface area contributed by atoms with Gasteiger partial charge in [-0.3, -0.25) is 4.55 Å².